The Balaban J connectivity index is 1.42. The first-order valence-corrected chi connectivity index (χ1v) is 8.07. The summed E-state index contributed by atoms with van der Waals surface area (Å²) in [6, 6.07) is 6.29. The van der Waals surface area contributed by atoms with Gasteiger partial charge >= 0.3 is 6.09 Å². The van der Waals surface area contributed by atoms with Crippen LogP contribution in [0.2, 0.25) is 0 Å². The van der Waals surface area contributed by atoms with Crippen LogP contribution in [0.1, 0.15) is 16.8 Å². The fraction of sp³-hybridized carbons (Fsp3) is 0.353. The maximum atomic E-state index is 13.0. The van der Waals surface area contributed by atoms with Gasteiger partial charge in [0.25, 0.3) is 0 Å². The van der Waals surface area contributed by atoms with Gasteiger partial charge in [0.1, 0.15) is 19.0 Å². The Labute approximate surface area is 143 Å². The average molecular weight is 344 g/mol. The van der Waals surface area contributed by atoms with Crippen LogP contribution >= 0.6 is 0 Å². The first-order chi connectivity index (χ1) is 12.1. The van der Waals surface area contributed by atoms with Gasteiger partial charge in [0.05, 0.1) is 31.5 Å². The normalized spacial score (nSPS) is 16.3. The van der Waals surface area contributed by atoms with E-state index < -0.39 is 6.09 Å². The molecule has 25 heavy (non-hydrogen) atoms. The molecule has 1 aromatic heterocycles. The molecule has 2 aromatic rings. The number of cyclic esters (lactones) is 1. The maximum Gasteiger partial charge on any atom is 0.410 e. The summed E-state index contributed by atoms with van der Waals surface area (Å²) in [6.07, 6.45) is 1.32. The summed E-state index contributed by atoms with van der Waals surface area (Å²) in [6.45, 7) is 2.28. The summed E-state index contributed by atoms with van der Waals surface area (Å²) in [5.74, 6) is -0.380. The summed E-state index contributed by atoms with van der Waals surface area (Å²) in [5.41, 5.74) is 2.91. The summed E-state index contributed by atoms with van der Waals surface area (Å²) in [5, 5.41) is 4.37. The van der Waals surface area contributed by atoms with Crippen LogP contribution in [-0.4, -0.2) is 51.3 Å². The topological polar surface area (TPSA) is 67.7 Å². The van der Waals surface area contributed by atoms with Gasteiger partial charge in [0.15, 0.2) is 0 Å². The highest BCUT2D eigenvalue weighted by atomic mass is 19.1. The second-order valence-electron chi connectivity index (χ2n) is 6.19. The minimum absolute atomic E-state index is 0.0362. The first kappa shape index (κ1) is 15.6. The zero-order chi connectivity index (χ0) is 17.4. The highest BCUT2D eigenvalue weighted by Gasteiger charge is 2.31. The average Bonchev–Trinajstić information content (AvgIpc) is 3.28. The molecule has 1 fully saturated rings. The van der Waals surface area contributed by atoms with E-state index in [9.17, 15) is 14.0 Å². The van der Waals surface area contributed by atoms with Crippen molar-refractivity contribution in [2.24, 2.45) is 0 Å². The van der Waals surface area contributed by atoms with Gasteiger partial charge in [0.2, 0.25) is 5.91 Å². The van der Waals surface area contributed by atoms with Gasteiger partial charge in [-0.05, 0) is 17.7 Å². The molecule has 130 valence electrons. The van der Waals surface area contributed by atoms with Crippen molar-refractivity contribution < 1.29 is 18.7 Å². The van der Waals surface area contributed by atoms with E-state index in [1.807, 2.05) is 4.68 Å². The summed E-state index contributed by atoms with van der Waals surface area (Å²) >= 11 is 0. The molecule has 2 aliphatic heterocycles. The number of nitrogens with zero attached hydrogens (tertiary/aromatic N) is 4. The van der Waals surface area contributed by atoms with Crippen molar-refractivity contribution in [2.75, 3.05) is 19.7 Å². The third kappa shape index (κ3) is 3.07. The van der Waals surface area contributed by atoms with E-state index in [2.05, 4.69) is 5.10 Å². The molecule has 0 spiro atoms. The Morgan fingerprint density at radius 1 is 1.24 bits per heavy atom. The predicted octanol–water partition coefficient (Wildman–Crippen LogP) is 1.36. The smallest absolute Gasteiger partial charge is 0.410 e. The van der Waals surface area contributed by atoms with Crippen LogP contribution in [0.4, 0.5) is 9.18 Å². The number of benzene rings is 1. The van der Waals surface area contributed by atoms with E-state index in [0.29, 0.717) is 32.8 Å². The Morgan fingerprint density at radius 2 is 2.04 bits per heavy atom. The molecular formula is C17H17FN4O3. The van der Waals surface area contributed by atoms with Gasteiger partial charge < -0.3 is 9.64 Å². The lowest BCUT2D eigenvalue weighted by Crippen LogP contribution is -2.38. The number of carbonyl (C=O) groups is 2. The van der Waals surface area contributed by atoms with Crippen molar-refractivity contribution in [3.63, 3.8) is 0 Å². The standard InChI is InChI=1S/C17H17FN4O3/c18-14-3-1-12(2-4-14)8-22-15-10-21(9-13(15)7-19-22)16(23)11-20-5-6-25-17(20)24/h1-4,7H,5-6,8-11H2. The molecule has 1 aromatic carbocycles. The van der Waals surface area contributed by atoms with E-state index in [1.54, 1.807) is 23.2 Å². The van der Waals surface area contributed by atoms with Crippen molar-refractivity contribution in [2.45, 2.75) is 19.6 Å². The van der Waals surface area contributed by atoms with E-state index in [0.717, 1.165) is 16.8 Å². The second kappa shape index (κ2) is 6.19. The van der Waals surface area contributed by atoms with Crippen LogP contribution in [-0.2, 0) is 29.2 Å². The molecule has 7 nitrogen and oxygen atoms in total. The minimum Gasteiger partial charge on any atom is -0.448 e. The Morgan fingerprint density at radius 3 is 2.76 bits per heavy atom. The Kier molecular flexibility index (Phi) is 3.87. The fourth-order valence-corrected chi connectivity index (χ4v) is 3.11. The Bertz CT molecular complexity index is 818. The summed E-state index contributed by atoms with van der Waals surface area (Å²) < 4.78 is 19.7. The van der Waals surface area contributed by atoms with E-state index in [-0.39, 0.29) is 18.3 Å². The van der Waals surface area contributed by atoms with Crippen LogP contribution in [0.15, 0.2) is 30.5 Å². The maximum absolute atomic E-state index is 13.0. The van der Waals surface area contributed by atoms with Crippen LogP contribution in [0.25, 0.3) is 0 Å². The van der Waals surface area contributed by atoms with Crippen LogP contribution < -0.4 is 0 Å². The van der Waals surface area contributed by atoms with E-state index in [4.69, 9.17) is 4.74 Å². The van der Waals surface area contributed by atoms with Crippen LogP contribution in [0.3, 0.4) is 0 Å². The molecule has 3 heterocycles. The molecule has 0 atom stereocenters. The van der Waals surface area contributed by atoms with Gasteiger partial charge in [-0.25, -0.2) is 9.18 Å². The molecule has 4 rings (SSSR count). The lowest BCUT2D eigenvalue weighted by Gasteiger charge is -2.19. The number of amides is 2. The highest BCUT2D eigenvalue weighted by molar-refractivity contribution is 5.83. The first-order valence-electron chi connectivity index (χ1n) is 8.07. The third-order valence-electron chi connectivity index (χ3n) is 4.51. The number of hydrogen-bond donors (Lipinski definition) is 0. The van der Waals surface area contributed by atoms with Gasteiger partial charge in [-0.2, -0.15) is 5.10 Å². The second-order valence-corrected chi connectivity index (χ2v) is 6.19. The lowest BCUT2D eigenvalue weighted by atomic mass is 10.2. The zero-order valence-corrected chi connectivity index (χ0v) is 13.5. The number of aromatic nitrogens is 2. The minimum atomic E-state index is -0.437. The molecule has 1 saturated heterocycles. The molecule has 0 aliphatic carbocycles. The monoisotopic (exact) mass is 344 g/mol. The molecule has 0 saturated carbocycles. The summed E-state index contributed by atoms with van der Waals surface area (Å²) in [7, 11) is 0. The molecule has 0 radical (unpaired) electrons. The quantitative estimate of drug-likeness (QED) is 0.840. The molecular weight excluding hydrogens is 327 g/mol. The molecule has 2 aliphatic rings. The van der Waals surface area contributed by atoms with Crippen LogP contribution in [0, 0.1) is 5.82 Å². The van der Waals surface area contributed by atoms with Gasteiger partial charge in [-0.15, -0.1) is 0 Å². The molecule has 8 heteroatoms. The highest BCUT2D eigenvalue weighted by Crippen LogP contribution is 2.23. The molecule has 0 unspecified atom stereocenters. The molecule has 0 bridgehead atoms. The number of fused-ring (bicyclic) bond motifs is 1. The van der Waals surface area contributed by atoms with E-state index >= 15 is 0 Å². The van der Waals surface area contributed by atoms with Gasteiger partial charge in [-0.3, -0.25) is 14.4 Å². The molecule has 2 amide bonds. The zero-order valence-electron chi connectivity index (χ0n) is 13.5. The lowest BCUT2D eigenvalue weighted by molar-refractivity contribution is -0.132. The summed E-state index contributed by atoms with van der Waals surface area (Å²) in [4.78, 5) is 27.0. The largest absolute Gasteiger partial charge is 0.448 e. The van der Waals surface area contributed by atoms with E-state index in [1.165, 1.54) is 17.0 Å². The number of rotatable bonds is 4. The van der Waals surface area contributed by atoms with Gasteiger partial charge in [-0.1, -0.05) is 12.1 Å². The van der Waals surface area contributed by atoms with Crippen molar-refractivity contribution >= 4 is 12.0 Å². The van der Waals surface area contributed by atoms with Gasteiger partial charge in [0, 0.05) is 12.1 Å². The Hall–Kier alpha value is -2.90. The van der Waals surface area contributed by atoms with Crippen molar-refractivity contribution in [1.29, 1.82) is 0 Å². The van der Waals surface area contributed by atoms with Crippen molar-refractivity contribution in [1.82, 2.24) is 19.6 Å². The third-order valence-corrected chi connectivity index (χ3v) is 4.51. The van der Waals surface area contributed by atoms with Crippen LogP contribution in [0.5, 0.6) is 0 Å². The molecule has 0 N–H and O–H groups in total. The number of carbonyl (C=O) groups excluding carboxylic acids is 2. The number of ether oxygens (including phenoxy) is 1. The number of hydrogen-bond acceptors (Lipinski definition) is 4. The SMILES string of the molecule is O=C(CN1CCOC1=O)N1Cc2cnn(Cc3ccc(F)cc3)c2C1. The predicted molar refractivity (Wildman–Crippen MR) is 84.9 cm³/mol. The number of halogens is 1. The van der Waals surface area contributed by atoms with Crippen molar-refractivity contribution in [3.05, 3.63) is 53.1 Å². The fourth-order valence-electron chi connectivity index (χ4n) is 3.11. The van der Waals surface area contributed by atoms with Crippen molar-refractivity contribution in [3.8, 4) is 0 Å².